The first-order chi connectivity index (χ1) is 15.5. The van der Waals surface area contributed by atoms with E-state index in [1.54, 1.807) is 19.1 Å². The topological polar surface area (TPSA) is 73.9 Å². The van der Waals surface area contributed by atoms with Crippen LogP contribution in [0.25, 0.3) is 0 Å². The Bertz CT molecular complexity index is 986. The SMILES string of the molecule is CCOC(=O)C1=C(CN2CCN(c3ccccc3)CC2)NC(=O)N[C@H]1c1ccc(F)cc1. The first kappa shape index (κ1) is 21.8. The molecule has 0 aromatic heterocycles. The second-order valence-corrected chi connectivity index (χ2v) is 7.79. The molecular weight excluding hydrogens is 411 g/mol. The van der Waals surface area contributed by atoms with Crippen LogP contribution in [0.15, 0.2) is 65.9 Å². The van der Waals surface area contributed by atoms with Gasteiger partial charge in [-0.2, -0.15) is 0 Å². The largest absolute Gasteiger partial charge is 0.463 e. The molecule has 8 heteroatoms. The normalized spacial score (nSPS) is 19.4. The third kappa shape index (κ3) is 4.91. The van der Waals surface area contributed by atoms with Crippen LogP contribution in [0.4, 0.5) is 14.9 Å². The Labute approximate surface area is 186 Å². The van der Waals surface area contributed by atoms with Gasteiger partial charge in [-0.3, -0.25) is 4.90 Å². The van der Waals surface area contributed by atoms with Crippen LogP contribution < -0.4 is 15.5 Å². The number of nitrogens with one attached hydrogen (secondary N) is 2. The standard InChI is InChI=1S/C24H27FN4O3/c1-2-32-23(30)21-20(26-24(31)27-22(21)17-8-10-18(25)11-9-17)16-28-12-14-29(15-13-28)19-6-4-3-5-7-19/h3-11,22H,2,12-16H2,1H3,(H2,26,27,31)/t22-/m0/s1. The van der Waals surface area contributed by atoms with Crippen LogP contribution in [0.1, 0.15) is 18.5 Å². The van der Waals surface area contributed by atoms with Gasteiger partial charge in [0.15, 0.2) is 0 Å². The van der Waals surface area contributed by atoms with Crippen LogP contribution in [0.3, 0.4) is 0 Å². The number of carbonyl (C=O) groups excluding carboxylic acids is 2. The third-order valence-electron chi connectivity index (χ3n) is 5.73. The van der Waals surface area contributed by atoms with Crippen molar-refractivity contribution in [3.8, 4) is 0 Å². The fourth-order valence-corrected chi connectivity index (χ4v) is 4.12. The molecule has 2 amide bonds. The lowest BCUT2D eigenvalue weighted by Crippen LogP contribution is -2.51. The van der Waals surface area contributed by atoms with Crippen molar-refractivity contribution in [3.63, 3.8) is 0 Å². The van der Waals surface area contributed by atoms with Crippen molar-refractivity contribution in [1.82, 2.24) is 15.5 Å². The molecule has 2 aromatic rings. The number of esters is 1. The van der Waals surface area contributed by atoms with E-state index in [9.17, 15) is 14.0 Å². The summed E-state index contributed by atoms with van der Waals surface area (Å²) in [5.41, 5.74) is 2.68. The number of hydrogen-bond donors (Lipinski definition) is 2. The number of rotatable bonds is 6. The van der Waals surface area contributed by atoms with Gasteiger partial charge in [0, 0.05) is 44.1 Å². The number of para-hydroxylation sites is 1. The van der Waals surface area contributed by atoms with Gasteiger partial charge in [0.2, 0.25) is 0 Å². The van der Waals surface area contributed by atoms with Crippen molar-refractivity contribution >= 4 is 17.7 Å². The maximum absolute atomic E-state index is 13.4. The van der Waals surface area contributed by atoms with Gasteiger partial charge in [0.1, 0.15) is 5.82 Å². The summed E-state index contributed by atoms with van der Waals surface area (Å²) in [6, 6.07) is 14.9. The summed E-state index contributed by atoms with van der Waals surface area (Å²) in [6.07, 6.45) is 0. The Balaban J connectivity index is 1.56. The third-order valence-corrected chi connectivity index (χ3v) is 5.73. The molecule has 0 spiro atoms. The highest BCUT2D eigenvalue weighted by atomic mass is 19.1. The molecule has 0 aliphatic carbocycles. The number of piperazine rings is 1. The molecule has 0 unspecified atom stereocenters. The van der Waals surface area contributed by atoms with E-state index in [4.69, 9.17) is 4.74 Å². The minimum absolute atomic E-state index is 0.218. The van der Waals surface area contributed by atoms with Crippen LogP contribution in [0.2, 0.25) is 0 Å². The van der Waals surface area contributed by atoms with Gasteiger partial charge in [0.05, 0.1) is 18.2 Å². The molecular formula is C24H27FN4O3. The highest BCUT2D eigenvalue weighted by Gasteiger charge is 2.34. The zero-order valence-electron chi connectivity index (χ0n) is 18.0. The fraction of sp³-hybridized carbons (Fsp3) is 0.333. The number of ether oxygens (including phenoxy) is 1. The Kier molecular flexibility index (Phi) is 6.70. The summed E-state index contributed by atoms with van der Waals surface area (Å²) in [7, 11) is 0. The summed E-state index contributed by atoms with van der Waals surface area (Å²) >= 11 is 0. The molecule has 0 saturated carbocycles. The molecule has 1 fully saturated rings. The molecule has 2 heterocycles. The van der Waals surface area contributed by atoms with Crippen LogP contribution in [0.5, 0.6) is 0 Å². The Morgan fingerprint density at radius 2 is 1.75 bits per heavy atom. The average Bonchev–Trinajstić information content (AvgIpc) is 2.80. The molecule has 2 aromatic carbocycles. The van der Waals surface area contributed by atoms with E-state index in [-0.39, 0.29) is 12.4 Å². The van der Waals surface area contributed by atoms with Gasteiger partial charge in [-0.05, 0) is 36.8 Å². The average molecular weight is 439 g/mol. The summed E-state index contributed by atoms with van der Waals surface area (Å²) in [4.78, 5) is 29.8. The molecule has 2 aliphatic heterocycles. The monoisotopic (exact) mass is 438 g/mol. The molecule has 0 radical (unpaired) electrons. The first-order valence-electron chi connectivity index (χ1n) is 10.8. The molecule has 32 heavy (non-hydrogen) atoms. The highest BCUT2D eigenvalue weighted by Crippen LogP contribution is 2.28. The van der Waals surface area contributed by atoms with Crippen molar-refractivity contribution in [2.24, 2.45) is 0 Å². The number of benzene rings is 2. The van der Waals surface area contributed by atoms with Gasteiger partial charge < -0.3 is 20.3 Å². The van der Waals surface area contributed by atoms with E-state index in [0.717, 1.165) is 26.2 Å². The van der Waals surface area contributed by atoms with E-state index < -0.39 is 18.0 Å². The Hall–Kier alpha value is -3.39. The van der Waals surface area contributed by atoms with Crippen molar-refractivity contribution in [2.45, 2.75) is 13.0 Å². The second kappa shape index (κ2) is 9.82. The molecule has 7 nitrogen and oxygen atoms in total. The summed E-state index contributed by atoms with van der Waals surface area (Å²) < 4.78 is 18.7. The summed E-state index contributed by atoms with van der Waals surface area (Å²) in [5, 5.41) is 5.59. The lowest BCUT2D eigenvalue weighted by Gasteiger charge is -2.38. The van der Waals surface area contributed by atoms with Crippen LogP contribution in [0, 0.1) is 5.82 Å². The van der Waals surface area contributed by atoms with Crippen LogP contribution in [-0.4, -0.2) is 56.2 Å². The minimum Gasteiger partial charge on any atom is -0.463 e. The Morgan fingerprint density at radius 1 is 1.06 bits per heavy atom. The number of nitrogens with zero attached hydrogens (tertiary/aromatic N) is 2. The molecule has 2 aliphatic rings. The predicted molar refractivity (Wildman–Crippen MR) is 120 cm³/mol. The summed E-state index contributed by atoms with van der Waals surface area (Å²) in [6.45, 7) is 5.65. The maximum atomic E-state index is 13.4. The molecule has 168 valence electrons. The van der Waals surface area contributed by atoms with E-state index in [2.05, 4.69) is 32.6 Å². The first-order valence-corrected chi connectivity index (χ1v) is 10.8. The Morgan fingerprint density at radius 3 is 2.41 bits per heavy atom. The van der Waals surface area contributed by atoms with Crippen LogP contribution >= 0.6 is 0 Å². The molecule has 2 N–H and O–H groups in total. The maximum Gasteiger partial charge on any atom is 0.338 e. The van der Waals surface area contributed by atoms with Crippen molar-refractivity contribution in [3.05, 3.63) is 77.2 Å². The van der Waals surface area contributed by atoms with Gasteiger partial charge in [-0.25, -0.2) is 14.0 Å². The van der Waals surface area contributed by atoms with Gasteiger partial charge in [-0.1, -0.05) is 30.3 Å². The lowest BCUT2D eigenvalue weighted by atomic mass is 9.95. The molecule has 1 saturated heterocycles. The number of carbonyl (C=O) groups is 2. The second-order valence-electron chi connectivity index (χ2n) is 7.79. The van der Waals surface area contributed by atoms with E-state index in [1.165, 1.54) is 17.8 Å². The van der Waals surface area contributed by atoms with Gasteiger partial charge >= 0.3 is 12.0 Å². The van der Waals surface area contributed by atoms with Gasteiger partial charge in [-0.15, -0.1) is 0 Å². The van der Waals surface area contributed by atoms with E-state index in [1.807, 2.05) is 18.2 Å². The van der Waals surface area contributed by atoms with Crippen molar-refractivity contribution < 1.29 is 18.7 Å². The quantitative estimate of drug-likeness (QED) is 0.679. The zero-order valence-corrected chi connectivity index (χ0v) is 18.0. The molecule has 1 atom stereocenters. The van der Waals surface area contributed by atoms with Crippen molar-refractivity contribution in [1.29, 1.82) is 0 Å². The highest BCUT2D eigenvalue weighted by molar-refractivity contribution is 5.95. The number of halogens is 1. The number of amides is 2. The zero-order chi connectivity index (χ0) is 22.5. The fourth-order valence-electron chi connectivity index (χ4n) is 4.12. The number of hydrogen-bond acceptors (Lipinski definition) is 5. The van der Waals surface area contributed by atoms with E-state index in [0.29, 0.717) is 23.4 Å². The predicted octanol–water partition coefficient (Wildman–Crippen LogP) is 2.82. The van der Waals surface area contributed by atoms with Gasteiger partial charge in [0.25, 0.3) is 0 Å². The minimum atomic E-state index is -0.705. The molecule has 0 bridgehead atoms. The number of urea groups is 1. The van der Waals surface area contributed by atoms with Crippen molar-refractivity contribution in [2.75, 3.05) is 44.2 Å². The number of anilines is 1. The van der Waals surface area contributed by atoms with Crippen LogP contribution in [-0.2, 0) is 9.53 Å². The van der Waals surface area contributed by atoms with E-state index >= 15 is 0 Å². The molecule has 4 rings (SSSR count). The summed E-state index contributed by atoms with van der Waals surface area (Å²) in [5.74, 6) is -0.876. The smallest absolute Gasteiger partial charge is 0.338 e. The lowest BCUT2D eigenvalue weighted by molar-refractivity contribution is -0.139.